The molecule has 0 aliphatic carbocycles. The van der Waals surface area contributed by atoms with E-state index in [1.54, 1.807) is 0 Å². The van der Waals surface area contributed by atoms with Gasteiger partial charge in [-0.2, -0.15) is 11.8 Å². The van der Waals surface area contributed by atoms with E-state index >= 15 is 0 Å². The van der Waals surface area contributed by atoms with Crippen molar-refractivity contribution >= 4 is 30.1 Å². The summed E-state index contributed by atoms with van der Waals surface area (Å²) in [6.07, 6.45) is 1.74. The van der Waals surface area contributed by atoms with Gasteiger partial charge in [0.1, 0.15) is 0 Å². The molecule has 3 nitrogen and oxygen atoms in total. The van der Waals surface area contributed by atoms with Crippen molar-refractivity contribution in [2.45, 2.75) is 31.1 Å². The lowest BCUT2D eigenvalue weighted by atomic mass is 10.1. The van der Waals surface area contributed by atoms with Gasteiger partial charge in [0, 0.05) is 24.1 Å². The molecular formula is C15H23ClN2OS. The van der Waals surface area contributed by atoms with Crippen LogP contribution in [0.3, 0.4) is 0 Å². The fourth-order valence-electron chi connectivity index (χ4n) is 2.36. The lowest BCUT2D eigenvalue weighted by Crippen LogP contribution is -2.49. The van der Waals surface area contributed by atoms with Gasteiger partial charge in [0.25, 0.3) is 0 Å². The third-order valence-corrected chi connectivity index (χ3v) is 4.89. The van der Waals surface area contributed by atoms with Crippen LogP contribution in [0.5, 0.6) is 0 Å². The zero-order chi connectivity index (χ0) is 13.7. The van der Waals surface area contributed by atoms with Crippen LogP contribution in [0.1, 0.15) is 18.9 Å². The first-order valence-corrected chi connectivity index (χ1v) is 7.95. The van der Waals surface area contributed by atoms with Gasteiger partial charge in [-0.05, 0) is 18.4 Å². The van der Waals surface area contributed by atoms with Crippen LogP contribution < -0.4 is 5.73 Å². The van der Waals surface area contributed by atoms with Gasteiger partial charge in [0.05, 0.1) is 6.04 Å². The monoisotopic (exact) mass is 314 g/mol. The average molecular weight is 315 g/mol. The molecule has 2 rings (SSSR count). The molecule has 1 fully saturated rings. The molecule has 0 spiro atoms. The van der Waals surface area contributed by atoms with Crippen LogP contribution >= 0.6 is 24.2 Å². The molecule has 1 aromatic rings. The van der Waals surface area contributed by atoms with Crippen LogP contribution in [0, 0.1) is 0 Å². The molecule has 0 radical (unpaired) electrons. The minimum Gasteiger partial charge on any atom is -0.339 e. The van der Waals surface area contributed by atoms with E-state index in [2.05, 4.69) is 6.92 Å². The Hall–Kier alpha value is -0.710. The van der Waals surface area contributed by atoms with Crippen molar-refractivity contribution in [2.75, 3.05) is 18.8 Å². The second-order valence-electron chi connectivity index (χ2n) is 4.98. The maximum atomic E-state index is 12.4. The maximum absolute atomic E-state index is 12.4. The molecule has 1 unspecified atom stereocenters. The number of nitrogens with two attached hydrogens (primary N) is 1. The topological polar surface area (TPSA) is 46.3 Å². The minimum atomic E-state index is -0.414. The van der Waals surface area contributed by atoms with Crippen LogP contribution in [0.25, 0.3) is 0 Å². The number of rotatable bonds is 4. The Morgan fingerprint density at radius 1 is 1.45 bits per heavy atom. The number of hydrogen-bond acceptors (Lipinski definition) is 3. The van der Waals surface area contributed by atoms with Crippen molar-refractivity contribution in [3.05, 3.63) is 35.9 Å². The highest BCUT2D eigenvalue weighted by Crippen LogP contribution is 2.21. The molecule has 112 valence electrons. The summed E-state index contributed by atoms with van der Waals surface area (Å²) < 4.78 is 0. The SMILES string of the molecule is CCC1CN(C(=O)[C@@H](N)Cc2ccccc2)CCS1.Cl. The third kappa shape index (κ3) is 4.69. The Morgan fingerprint density at radius 2 is 2.15 bits per heavy atom. The van der Waals surface area contributed by atoms with E-state index in [-0.39, 0.29) is 18.3 Å². The van der Waals surface area contributed by atoms with E-state index in [0.717, 1.165) is 30.8 Å². The van der Waals surface area contributed by atoms with Crippen molar-refractivity contribution in [2.24, 2.45) is 5.73 Å². The minimum absolute atomic E-state index is 0. The molecule has 1 aliphatic heterocycles. The Kier molecular flexibility index (Phi) is 7.41. The number of benzene rings is 1. The summed E-state index contributed by atoms with van der Waals surface area (Å²) in [5.41, 5.74) is 7.20. The fourth-order valence-corrected chi connectivity index (χ4v) is 3.54. The standard InChI is InChI=1S/C15H22N2OS.ClH/c1-2-13-11-17(8-9-19-13)15(18)14(16)10-12-6-4-3-5-7-12;/h3-7,13-14H,2,8-11,16H2,1H3;1H/t13?,14-;/m0./s1. The summed E-state index contributed by atoms with van der Waals surface area (Å²) in [5.74, 6) is 1.13. The Balaban J connectivity index is 0.00000200. The molecule has 1 aliphatic rings. The summed E-state index contributed by atoms with van der Waals surface area (Å²) in [6, 6.07) is 9.57. The van der Waals surface area contributed by atoms with E-state index < -0.39 is 6.04 Å². The molecule has 0 bridgehead atoms. The van der Waals surface area contributed by atoms with Gasteiger partial charge >= 0.3 is 0 Å². The van der Waals surface area contributed by atoms with E-state index in [9.17, 15) is 4.79 Å². The second-order valence-corrected chi connectivity index (χ2v) is 6.39. The van der Waals surface area contributed by atoms with Crippen LogP contribution in [-0.4, -0.2) is 40.9 Å². The van der Waals surface area contributed by atoms with Crippen molar-refractivity contribution in [3.8, 4) is 0 Å². The predicted octanol–water partition coefficient (Wildman–Crippen LogP) is 2.33. The lowest BCUT2D eigenvalue weighted by Gasteiger charge is -2.33. The summed E-state index contributed by atoms with van der Waals surface area (Å²) in [4.78, 5) is 14.3. The van der Waals surface area contributed by atoms with Gasteiger partial charge in [-0.3, -0.25) is 4.79 Å². The molecule has 5 heteroatoms. The number of nitrogens with zero attached hydrogens (tertiary/aromatic N) is 1. The van der Waals surface area contributed by atoms with Gasteiger partial charge in [-0.25, -0.2) is 0 Å². The van der Waals surface area contributed by atoms with Crippen LogP contribution in [0.4, 0.5) is 0 Å². The van der Waals surface area contributed by atoms with Crippen LogP contribution in [0.15, 0.2) is 30.3 Å². The van der Waals surface area contributed by atoms with Gasteiger partial charge in [-0.15, -0.1) is 12.4 Å². The predicted molar refractivity (Wildman–Crippen MR) is 88.5 cm³/mol. The summed E-state index contributed by atoms with van der Waals surface area (Å²) >= 11 is 1.97. The number of carbonyl (C=O) groups excluding carboxylic acids is 1. The highest BCUT2D eigenvalue weighted by Gasteiger charge is 2.26. The van der Waals surface area contributed by atoms with E-state index in [1.807, 2.05) is 47.0 Å². The first-order valence-electron chi connectivity index (χ1n) is 6.90. The van der Waals surface area contributed by atoms with E-state index in [4.69, 9.17) is 5.73 Å². The van der Waals surface area contributed by atoms with E-state index in [0.29, 0.717) is 11.7 Å². The molecule has 1 aromatic carbocycles. The quantitative estimate of drug-likeness (QED) is 0.928. The van der Waals surface area contributed by atoms with Gasteiger partial charge < -0.3 is 10.6 Å². The highest BCUT2D eigenvalue weighted by molar-refractivity contribution is 8.00. The van der Waals surface area contributed by atoms with E-state index in [1.165, 1.54) is 0 Å². The number of hydrogen-bond donors (Lipinski definition) is 1. The van der Waals surface area contributed by atoms with Crippen LogP contribution in [-0.2, 0) is 11.2 Å². The molecular weight excluding hydrogens is 292 g/mol. The Labute approximate surface area is 131 Å². The van der Waals surface area contributed by atoms with Crippen molar-refractivity contribution in [3.63, 3.8) is 0 Å². The Bertz CT molecular complexity index is 416. The number of halogens is 1. The average Bonchev–Trinajstić information content (AvgIpc) is 2.47. The van der Waals surface area contributed by atoms with Crippen molar-refractivity contribution in [1.29, 1.82) is 0 Å². The second kappa shape index (κ2) is 8.55. The van der Waals surface area contributed by atoms with Gasteiger partial charge in [0.2, 0.25) is 5.91 Å². The van der Waals surface area contributed by atoms with Crippen molar-refractivity contribution < 1.29 is 4.79 Å². The molecule has 20 heavy (non-hydrogen) atoms. The highest BCUT2D eigenvalue weighted by atomic mass is 35.5. The zero-order valence-electron chi connectivity index (χ0n) is 11.8. The maximum Gasteiger partial charge on any atom is 0.239 e. The summed E-state index contributed by atoms with van der Waals surface area (Å²) in [5, 5.41) is 0.571. The molecule has 1 amide bonds. The molecule has 0 aromatic heterocycles. The lowest BCUT2D eigenvalue weighted by molar-refractivity contribution is -0.132. The van der Waals surface area contributed by atoms with Crippen molar-refractivity contribution in [1.82, 2.24) is 4.90 Å². The molecule has 2 atom stereocenters. The molecule has 1 heterocycles. The third-order valence-electron chi connectivity index (χ3n) is 3.52. The number of carbonyl (C=O) groups is 1. The first-order chi connectivity index (χ1) is 9.20. The number of amides is 1. The van der Waals surface area contributed by atoms with Gasteiger partial charge in [-0.1, -0.05) is 37.3 Å². The number of thioether (sulfide) groups is 1. The fraction of sp³-hybridized carbons (Fsp3) is 0.533. The first kappa shape index (κ1) is 17.3. The van der Waals surface area contributed by atoms with Gasteiger partial charge in [0.15, 0.2) is 0 Å². The largest absolute Gasteiger partial charge is 0.339 e. The molecule has 0 saturated carbocycles. The zero-order valence-corrected chi connectivity index (χ0v) is 13.5. The smallest absolute Gasteiger partial charge is 0.239 e. The van der Waals surface area contributed by atoms with Crippen LogP contribution in [0.2, 0.25) is 0 Å². The summed E-state index contributed by atoms with van der Waals surface area (Å²) in [6.45, 7) is 3.86. The molecule has 1 saturated heterocycles. The Morgan fingerprint density at radius 3 is 2.80 bits per heavy atom. The normalized spacial score (nSPS) is 20.1. The molecule has 2 N–H and O–H groups in total. The summed E-state index contributed by atoms with van der Waals surface area (Å²) in [7, 11) is 0.